The number of alkyl halides is 3. The normalized spacial score (nSPS) is 17.3. The molecular formula is C27H34F3NO4S. The Morgan fingerprint density at radius 2 is 1.81 bits per heavy atom. The van der Waals surface area contributed by atoms with Gasteiger partial charge in [-0.2, -0.15) is 26.7 Å². The fourth-order valence-corrected chi connectivity index (χ4v) is 4.96. The predicted octanol–water partition coefficient (Wildman–Crippen LogP) is 6.18. The van der Waals surface area contributed by atoms with Crippen LogP contribution >= 0.6 is 13.5 Å². The lowest BCUT2D eigenvalue weighted by Crippen LogP contribution is -2.36. The van der Waals surface area contributed by atoms with Crippen molar-refractivity contribution in [2.24, 2.45) is 11.8 Å². The van der Waals surface area contributed by atoms with Gasteiger partial charge in [0, 0.05) is 24.8 Å². The van der Waals surface area contributed by atoms with E-state index in [-0.39, 0.29) is 31.4 Å². The van der Waals surface area contributed by atoms with E-state index in [4.69, 9.17) is 9.47 Å². The third kappa shape index (κ3) is 7.72. The molecule has 2 aromatic carbocycles. The molecule has 0 bridgehead atoms. The highest BCUT2D eigenvalue weighted by molar-refractivity contribution is 7.59. The Morgan fingerprint density at radius 3 is 2.42 bits per heavy atom. The molecule has 9 heteroatoms. The van der Waals surface area contributed by atoms with Crippen LogP contribution in [0.4, 0.5) is 18.9 Å². The highest BCUT2D eigenvalue weighted by Gasteiger charge is 2.34. The Balaban J connectivity index is 0.00000361. The van der Waals surface area contributed by atoms with Gasteiger partial charge in [0.25, 0.3) is 0 Å². The number of benzene rings is 2. The standard InChI is InChI=1S/C27H32F3NO4.H2S/c1-34-22-8-7-21(16-27(28,29)30)25(14-22)31-11-9-18(10-12-31)17-35-23-4-2-3-20(13-23)24(15-26(32)33)19-5-6-19;/h2-4,7-8,13-14,18-19,24H,5-6,9-12,15-17H2,1H3,(H,32,33);1H2/t24-;/m0./s1. The molecule has 5 nitrogen and oxygen atoms in total. The molecule has 0 aromatic heterocycles. The largest absolute Gasteiger partial charge is 0.497 e. The zero-order chi connectivity index (χ0) is 25.0. The first-order valence-electron chi connectivity index (χ1n) is 12.1. The summed E-state index contributed by atoms with van der Waals surface area (Å²) < 4.78 is 50.6. The van der Waals surface area contributed by atoms with E-state index in [0.717, 1.165) is 37.0 Å². The van der Waals surface area contributed by atoms with E-state index in [9.17, 15) is 23.1 Å². The van der Waals surface area contributed by atoms with Crippen LogP contribution in [0.2, 0.25) is 0 Å². The summed E-state index contributed by atoms with van der Waals surface area (Å²) >= 11 is 0. The molecule has 0 radical (unpaired) electrons. The summed E-state index contributed by atoms with van der Waals surface area (Å²) in [7, 11) is 1.51. The number of carboxylic acids is 1. The topological polar surface area (TPSA) is 59.0 Å². The summed E-state index contributed by atoms with van der Waals surface area (Å²) in [5, 5.41) is 9.27. The van der Waals surface area contributed by atoms with Crippen molar-refractivity contribution in [3.63, 3.8) is 0 Å². The number of piperidine rings is 1. The molecule has 2 fully saturated rings. The van der Waals surface area contributed by atoms with Crippen molar-refractivity contribution >= 4 is 25.2 Å². The van der Waals surface area contributed by atoms with Crippen LogP contribution in [0.1, 0.15) is 49.1 Å². The van der Waals surface area contributed by atoms with Crippen LogP contribution in [-0.4, -0.2) is 44.1 Å². The van der Waals surface area contributed by atoms with Crippen LogP contribution in [0.25, 0.3) is 0 Å². The summed E-state index contributed by atoms with van der Waals surface area (Å²) in [6, 6.07) is 12.5. The van der Waals surface area contributed by atoms with Crippen molar-refractivity contribution < 1.29 is 32.5 Å². The van der Waals surface area contributed by atoms with Crippen molar-refractivity contribution in [3.8, 4) is 11.5 Å². The number of carbonyl (C=O) groups is 1. The quantitative estimate of drug-likeness (QED) is 0.402. The predicted molar refractivity (Wildman–Crippen MR) is 138 cm³/mol. The number of rotatable bonds is 10. The van der Waals surface area contributed by atoms with Crippen molar-refractivity contribution in [1.82, 2.24) is 0 Å². The molecule has 1 saturated heterocycles. The summed E-state index contributed by atoms with van der Waals surface area (Å²) in [5.74, 6) is 1.25. The second-order valence-electron chi connectivity index (χ2n) is 9.64. The lowest BCUT2D eigenvalue weighted by atomic mass is 9.91. The van der Waals surface area contributed by atoms with Gasteiger partial charge >= 0.3 is 12.1 Å². The maximum absolute atomic E-state index is 13.1. The number of ether oxygens (including phenoxy) is 2. The third-order valence-electron chi connectivity index (χ3n) is 7.00. The molecular weight excluding hydrogens is 491 g/mol. The molecule has 198 valence electrons. The average molecular weight is 526 g/mol. The highest BCUT2D eigenvalue weighted by Crippen LogP contribution is 2.45. The third-order valence-corrected chi connectivity index (χ3v) is 7.00. The molecule has 1 heterocycles. The number of hydrogen-bond donors (Lipinski definition) is 1. The number of anilines is 1. The maximum atomic E-state index is 13.1. The van der Waals surface area contributed by atoms with Crippen molar-refractivity contribution in [1.29, 1.82) is 0 Å². The summed E-state index contributed by atoms with van der Waals surface area (Å²) in [4.78, 5) is 13.3. The monoisotopic (exact) mass is 525 g/mol. The van der Waals surface area contributed by atoms with Crippen LogP contribution in [0.15, 0.2) is 42.5 Å². The second kappa shape index (κ2) is 12.1. The second-order valence-corrected chi connectivity index (χ2v) is 9.64. The molecule has 1 atom stereocenters. The van der Waals surface area contributed by atoms with Crippen molar-refractivity contribution in [2.75, 3.05) is 31.7 Å². The van der Waals surface area contributed by atoms with E-state index in [2.05, 4.69) is 0 Å². The number of hydrogen-bond acceptors (Lipinski definition) is 4. The molecule has 2 aliphatic rings. The molecule has 0 spiro atoms. The number of aliphatic carboxylic acids is 1. The minimum atomic E-state index is -4.27. The molecule has 4 rings (SSSR count). The fraction of sp³-hybridized carbons (Fsp3) is 0.519. The Morgan fingerprint density at radius 1 is 1.08 bits per heavy atom. The van der Waals surface area contributed by atoms with E-state index in [1.165, 1.54) is 13.2 Å². The molecule has 1 aliphatic heterocycles. The van der Waals surface area contributed by atoms with Crippen LogP contribution in [0, 0.1) is 11.8 Å². The Kier molecular flexibility index (Phi) is 9.44. The lowest BCUT2D eigenvalue weighted by molar-refractivity contribution is -0.137. The molecule has 1 N–H and O–H groups in total. The van der Waals surface area contributed by atoms with Crippen LogP contribution in [0.5, 0.6) is 11.5 Å². The highest BCUT2D eigenvalue weighted by atomic mass is 32.1. The van der Waals surface area contributed by atoms with Gasteiger partial charge in [-0.1, -0.05) is 18.2 Å². The molecule has 0 unspecified atom stereocenters. The van der Waals surface area contributed by atoms with Crippen LogP contribution < -0.4 is 14.4 Å². The van der Waals surface area contributed by atoms with Crippen molar-refractivity contribution in [2.45, 2.75) is 50.6 Å². The average Bonchev–Trinajstić information content (AvgIpc) is 3.66. The number of halogens is 3. The SMILES string of the molecule is COc1ccc(CC(F)(F)F)c(N2CCC(COc3cccc([C@@H](CC(=O)O)C4CC4)c3)CC2)c1.S. The Hall–Kier alpha value is -2.55. The van der Waals surface area contributed by atoms with Crippen LogP contribution in [0.3, 0.4) is 0 Å². The summed E-state index contributed by atoms with van der Waals surface area (Å²) in [6.45, 7) is 1.82. The Bertz CT molecular complexity index is 1020. The summed E-state index contributed by atoms with van der Waals surface area (Å²) in [6.07, 6.45) is -1.34. The zero-order valence-electron chi connectivity index (χ0n) is 20.4. The van der Waals surface area contributed by atoms with Gasteiger partial charge in [0.05, 0.1) is 26.6 Å². The van der Waals surface area contributed by atoms with E-state index in [1.807, 2.05) is 29.2 Å². The molecule has 0 amide bonds. The minimum Gasteiger partial charge on any atom is -0.497 e. The number of methoxy groups -OCH3 is 1. The first-order valence-corrected chi connectivity index (χ1v) is 12.1. The van der Waals surface area contributed by atoms with E-state index in [1.54, 1.807) is 12.1 Å². The van der Waals surface area contributed by atoms with Gasteiger partial charge in [-0.05, 0) is 72.8 Å². The van der Waals surface area contributed by atoms with E-state index in [0.29, 0.717) is 43.0 Å². The molecule has 2 aromatic rings. The van der Waals surface area contributed by atoms with Gasteiger partial charge in [-0.25, -0.2) is 0 Å². The molecule has 36 heavy (non-hydrogen) atoms. The zero-order valence-corrected chi connectivity index (χ0v) is 21.4. The molecule has 1 aliphatic carbocycles. The summed E-state index contributed by atoms with van der Waals surface area (Å²) in [5.41, 5.74) is 1.85. The van der Waals surface area contributed by atoms with E-state index < -0.39 is 18.6 Å². The number of carboxylic acid groups (broad SMARTS) is 1. The van der Waals surface area contributed by atoms with Crippen molar-refractivity contribution in [3.05, 3.63) is 53.6 Å². The van der Waals surface area contributed by atoms with Gasteiger partial charge in [0.15, 0.2) is 0 Å². The maximum Gasteiger partial charge on any atom is 0.393 e. The lowest BCUT2D eigenvalue weighted by Gasteiger charge is -2.35. The fourth-order valence-electron chi connectivity index (χ4n) is 4.96. The van der Waals surface area contributed by atoms with Gasteiger partial charge < -0.3 is 19.5 Å². The first-order chi connectivity index (χ1) is 16.7. The van der Waals surface area contributed by atoms with Crippen LogP contribution in [-0.2, 0) is 11.2 Å². The smallest absolute Gasteiger partial charge is 0.393 e. The minimum absolute atomic E-state index is 0. The van der Waals surface area contributed by atoms with Gasteiger partial charge in [-0.15, -0.1) is 0 Å². The van der Waals surface area contributed by atoms with Gasteiger partial charge in [0.1, 0.15) is 11.5 Å². The Labute approximate surface area is 217 Å². The first kappa shape index (κ1) is 28.0. The molecule has 1 saturated carbocycles. The van der Waals surface area contributed by atoms with Gasteiger partial charge in [-0.3, -0.25) is 4.79 Å². The van der Waals surface area contributed by atoms with E-state index >= 15 is 0 Å². The van der Waals surface area contributed by atoms with Gasteiger partial charge in [0.2, 0.25) is 0 Å². The number of nitrogens with zero attached hydrogens (tertiary/aromatic N) is 1.